The van der Waals surface area contributed by atoms with Gasteiger partial charge in [-0.15, -0.1) is 0 Å². The van der Waals surface area contributed by atoms with E-state index in [-0.39, 0.29) is 17.6 Å². The van der Waals surface area contributed by atoms with E-state index in [0.717, 1.165) is 47.7 Å². The number of amides is 1. The van der Waals surface area contributed by atoms with Crippen LogP contribution in [0.1, 0.15) is 62.1 Å². The van der Waals surface area contributed by atoms with Gasteiger partial charge in [0.15, 0.2) is 0 Å². The van der Waals surface area contributed by atoms with Crippen LogP contribution in [0, 0.1) is 5.82 Å². The molecule has 1 amide bonds. The number of carbonyl (C=O) groups is 1. The van der Waals surface area contributed by atoms with Gasteiger partial charge in [-0.05, 0) is 41.7 Å². The zero-order valence-electron chi connectivity index (χ0n) is 16.7. The number of aryl methyl sites for hydroxylation is 1. The molecule has 0 spiro atoms. The molecule has 0 bridgehead atoms. The Kier molecular flexibility index (Phi) is 6.85. The highest BCUT2D eigenvalue weighted by atomic mass is 19.1. The second kappa shape index (κ2) is 9.54. The van der Waals surface area contributed by atoms with Crippen LogP contribution in [0.3, 0.4) is 0 Å². The van der Waals surface area contributed by atoms with Crippen LogP contribution in [0.25, 0.3) is 10.9 Å². The van der Waals surface area contributed by atoms with Crippen molar-refractivity contribution >= 4 is 16.8 Å². The molecule has 1 atom stereocenters. The molecule has 3 rings (SSSR count). The van der Waals surface area contributed by atoms with Gasteiger partial charge < -0.3 is 10.3 Å². The molecule has 0 fully saturated rings. The molecule has 0 aliphatic heterocycles. The minimum absolute atomic E-state index is 0.00589. The summed E-state index contributed by atoms with van der Waals surface area (Å²) in [7, 11) is 0. The molecular formula is C24H29FN2O. The van der Waals surface area contributed by atoms with Crippen molar-refractivity contribution in [2.45, 2.75) is 51.9 Å². The van der Waals surface area contributed by atoms with Crippen LogP contribution in [0.2, 0.25) is 0 Å². The fourth-order valence-corrected chi connectivity index (χ4v) is 3.81. The second-order valence-corrected chi connectivity index (χ2v) is 7.31. The molecule has 1 aromatic heterocycles. The minimum Gasteiger partial charge on any atom is -0.361 e. The van der Waals surface area contributed by atoms with Gasteiger partial charge >= 0.3 is 0 Å². The Balaban J connectivity index is 1.92. The largest absolute Gasteiger partial charge is 0.361 e. The summed E-state index contributed by atoms with van der Waals surface area (Å²) in [6, 6.07) is 12.8. The van der Waals surface area contributed by atoms with Gasteiger partial charge in [0.05, 0.1) is 0 Å². The molecule has 0 aliphatic rings. The number of aromatic nitrogens is 1. The average molecular weight is 381 g/mol. The highest BCUT2D eigenvalue weighted by molar-refractivity contribution is 5.88. The maximum absolute atomic E-state index is 13.9. The summed E-state index contributed by atoms with van der Waals surface area (Å²) in [4.78, 5) is 16.0. The zero-order valence-corrected chi connectivity index (χ0v) is 16.7. The third-order valence-electron chi connectivity index (χ3n) is 5.33. The minimum atomic E-state index is -0.278. The van der Waals surface area contributed by atoms with E-state index in [4.69, 9.17) is 0 Å². The predicted molar refractivity (Wildman–Crippen MR) is 113 cm³/mol. The Morgan fingerprint density at radius 1 is 1.14 bits per heavy atom. The number of para-hydroxylation sites is 1. The van der Waals surface area contributed by atoms with E-state index in [1.54, 1.807) is 6.07 Å². The Bertz CT molecular complexity index is 931. The molecule has 148 valence electrons. The van der Waals surface area contributed by atoms with E-state index in [1.165, 1.54) is 17.7 Å². The number of H-pyrrole nitrogens is 1. The van der Waals surface area contributed by atoms with Crippen LogP contribution >= 0.6 is 0 Å². The molecule has 0 saturated carbocycles. The highest BCUT2D eigenvalue weighted by Crippen LogP contribution is 2.34. The van der Waals surface area contributed by atoms with Gasteiger partial charge in [0.2, 0.25) is 5.91 Å². The van der Waals surface area contributed by atoms with Crippen molar-refractivity contribution in [2.24, 2.45) is 0 Å². The summed E-state index contributed by atoms with van der Waals surface area (Å²) in [5, 5.41) is 4.13. The third kappa shape index (κ3) is 4.61. The second-order valence-electron chi connectivity index (χ2n) is 7.31. The smallest absolute Gasteiger partial charge is 0.220 e. The molecule has 3 nitrogen and oxygen atoms in total. The van der Waals surface area contributed by atoms with E-state index in [1.807, 2.05) is 18.3 Å². The van der Waals surface area contributed by atoms with Gasteiger partial charge in [-0.1, -0.05) is 57.0 Å². The average Bonchev–Trinajstić information content (AvgIpc) is 3.13. The normalized spacial score (nSPS) is 12.2. The predicted octanol–water partition coefficient (Wildman–Crippen LogP) is 5.70. The first-order chi connectivity index (χ1) is 13.6. The van der Waals surface area contributed by atoms with E-state index in [9.17, 15) is 9.18 Å². The van der Waals surface area contributed by atoms with Gasteiger partial charge in [-0.3, -0.25) is 4.79 Å². The van der Waals surface area contributed by atoms with Gasteiger partial charge in [0.25, 0.3) is 0 Å². The molecule has 28 heavy (non-hydrogen) atoms. The molecule has 2 aromatic carbocycles. The molecule has 0 unspecified atom stereocenters. The Hall–Kier alpha value is -2.62. The number of halogens is 1. The Labute approximate surface area is 166 Å². The first-order valence-electron chi connectivity index (χ1n) is 10.2. The molecule has 2 N–H and O–H groups in total. The standard InChI is InChI=1S/C24H29FN2O/c1-3-5-6-13-26-23(28)15-21(18-10-7-11-19(25)14-18)22-16-27-24-17(4-2)9-8-12-20(22)24/h7-12,14,16,21,27H,3-6,13,15H2,1-2H3,(H,26,28)/t21-/m0/s1. The van der Waals surface area contributed by atoms with E-state index < -0.39 is 0 Å². The van der Waals surface area contributed by atoms with Crippen molar-refractivity contribution in [1.82, 2.24) is 10.3 Å². The fourth-order valence-electron chi connectivity index (χ4n) is 3.81. The lowest BCUT2D eigenvalue weighted by atomic mass is 9.87. The van der Waals surface area contributed by atoms with Crippen LogP contribution in [0.4, 0.5) is 4.39 Å². The van der Waals surface area contributed by atoms with E-state index in [0.29, 0.717) is 13.0 Å². The Morgan fingerprint density at radius 3 is 2.71 bits per heavy atom. The maximum atomic E-state index is 13.9. The molecule has 0 radical (unpaired) electrons. The summed E-state index contributed by atoms with van der Waals surface area (Å²) >= 11 is 0. The van der Waals surface area contributed by atoms with E-state index >= 15 is 0 Å². The maximum Gasteiger partial charge on any atom is 0.220 e. The van der Waals surface area contributed by atoms with Crippen LogP contribution in [0.5, 0.6) is 0 Å². The number of fused-ring (bicyclic) bond motifs is 1. The summed E-state index contributed by atoms with van der Waals surface area (Å²) < 4.78 is 13.9. The summed E-state index contributed by atoms with van der Waals surface area (Å²) in [5.74, 6) is -0.464. The molecule has 4 heteroatoms. The quantitative estimate of drug-likeness (QED) is 0.460. The number of carbonyl (C=O) groups excluding carboxylic acids is 1. The van der Waals surface area contributed by atoms with Crippen molar-refractivity contribution < 1.29 is 9.18 Å². The SMILES string of the molecule is CCCCCNC(=O)C[C@@H](c1cccc(F)c1)c1c[nH]c2c(CC)cccc12. The molecule has 0 saturated heterocycles. The molecule has 3 aromatic rings. The summed E-state index contributed by atoms with van der Waals surface area (Å²) in [6.45, 7) is 4.96. The van der Waals surface area contributed by atoms with Gasteiger partial charge in [0, 0.05) is 36.0 Å². The van der Waals surface area contributed by atoms with Crippen molar-refractivity contribution in [1.29, 1.82) is 0 Å². The van der Waals surface area contributed by atoms with Crippen LogP contribution < -0.4 is 5.32 Å². The molecule has 1 heterocycles. The van der Waals surface area contributed by atoms with Crippen molar-refractivity contribution in [3.63, 3.8) is 0 Å². The number of unbranched alkanes of at least 4 members (excludes halogenated alkanes) is 2. The summed E-state index contributed by atoms with van der Waals surface area (Å²) in [6.07, 6.45) is 6.43. The molecule has 0 aliphatic carbocycles. The van der Waals surface area contributed by atoms with Crippen LogP contribution in [-0.4, -0.2) is 17.4 Å². The van der Waals surface area contributed by atoms with Crippen molar-refractivity contribution in [3.05, 3.63) is 71.2 Å². The van der Waals surface area contributed by atoms with Gasteiger partial charge in [-0.2, -0.15) is 0 Å². The van der Waals surface area contributed by atoms with Crippen LogP contribution in [0.15, 0.2) is 48.7 Å². The van der Waals surface area contributed by atoms with Crippen molar-refractivity contribution in [3.8, 4) is 0 Å². The number of hydrogen-bond acceptors (Lipinski definition) is 1. The topological polar surface area (TPSA) is 44.9 Å². The first kappa shape index (κ1) is 20.1. The highest BCUT2D eigenvalue weighted by Gasteiger charge is 2.22. The van der Waals surface area contributed by atoms with Gasteiger partial charge in [-0.25, -0.2) is 4.39 Å². The fraction of sp³-hybridized carbons (Fsp3) is 0.375. The number of benzene rings is 2. The Morgan fingerprint density at radius 2 is 1.96 bits per heavy atom. The number of hydrogen-bond donors (Lipinski definition) is 2. The number of nitrogens with one attached hydrogen (secondary N) is 2. The number of rotatable bonds is 9. The lowest BCUT2D eigenvalue weighted by molar-refractivity contribution is -0.121. The molecular weight excluding hydrogens is 351 g/mol. The summed E-state index contributed by atoms with van der Waals surface area (Å²) in [5.41, 5.74) is 4.21. The zero-order chi connectivity index (χ0) is 19.9. The lowest BCUT2D eigenvalue weighted by Crippen LogP contribution is -2.26. The number of aromatic amines is 1. The van der Waals surface area contributed by atoms with Crippen LogP contribution in [-0.2, 0) is 11.2 Å². The third-order valence-corrected chi connectivity index (χ3v) is 5.33. The van der Waals surface area contributed by atoms with E-state index in [2.05, 4.69) is 36.3 Å². The van der Waals surface area contributed by atoms with Gasteiger partial charge in [0.1, 0.15) is 5.82 Å². The van der Waals surface area contributed by atoms with Crippen molar-refractivity contribution in [2.75, 3.05) is 6.54 Å². The lowest BCUT2D eigenvalue weighted by Gasteiger charge is -2.17. The first-order valence-corrected chi connectivity index (χ1v) is 10.2. The monoisotopic (exact) mass is 380 g/mol.